The minimum atomic E-state index is -0.494. The number of nitrogens with one attached hydrogen (secondary N) is 1. The summed E-state index contributed by atoms with van der Waals surface area (Å²) in [6.07, 6.45) is 1.50. The van der Waals surface area contributed by atoms with Crippen LogP contribution in [0.3, 0.4) is 0 Å². The highest BCUT2D eigenvalue weighted by atomic mass is 127. The minimum absolute atomic E-state index is 0.0344. The highest BCUT2D eigenvalue weighted by Gasteiger charge is 2.13. The van der Waals surface area contributed by atoms with Gasteiger partial charge >= 0.3 is 0 Å². The van der Waals surface area contributed by atoms with Crippen LogP contribution in [0.5, 0.6) is 11.5 Å². The maximum absolute atomic E-state index is 12.6. The smallest absolute Gasteiger partial charge is 0.266 e. The third-order valence-corrected chi connectivity index (χ3v) is 5.84. The number of carbonyl (C=O) groups is 1. The van der Waals surface area contributed by atoms with Crippen molar-refractivity contribution in [3.63, 3.8) is 0 Å². The van der Waals surface area contributed by atoms with Gasteiger partial charge in [0.05, 0.1) is 6.61 Å². The van der Waals surface area contributed by atoms with Gasteiger partial charge in [0.15, 0.2) is 11.5 Å². The third-order valence-electron chi connectivity index (χ3n) is 4.46. The summed E-state index contributed by atoms with van der Waals surface area (Å²) in [5.41, 5.74) is 1.88. The second-order valence-corrected chi connectivity index (χ2v) is 8.82. The molecule has 0 saturated heterocycles. The lowest BCUT2D eigenvalue weighted by Gasteiger charge is -2.14. The van der Waals surface area contributed by atoms with Crippen LogP contribution in [-0.2, 0) is 11.4 Å². The van der Waals surface area contributed by atoms with E-state index in [1.165, 1.54) is 6.08 Å². The second-order valence-electron chi connectivity index (χ2n) is 6.76. The van der Waals surface area contributed by atoms with E-state index in [4.69, 9.17) is 32.7 Å². The molecule has 5 nitrogen and oxygen atoms in total. The second kappa shape index (κ2) is 11.9. The lowest BCUT2D eigenvalue weighted by atomic mass is 10.1. The molecule has 3 aromatic carbocycles. The number of amides is 1. The van der Waals surface area contributed by atoms with Gasteiger partial charge in [0.2, 0.25) is 0 Å². The third kappa shape index (κ3) is 6.87. The van der Waals surface area contributed by atoms with Gasteiger partial charge < -0.3 is 14.8 Å². The molecule has 33 heavy (non-hydrogen) atoms. The number of benzene rings is 3. The molecular formula is C25H19Cl2IN2O3. The first-order valence-corrected chi connectivity index (χ1v) is 11.8. The van der Waals surface area contributed by atoms with E-state index in [9.17, 15) is 10.1 Å². The Bertz CT molecular complexity index is 1220. The van der Waals surface area contributed by atoms with Gasteiger partial charge in [-0.15, -0.1) is 0 Å². The predicted molar refractivity (Wildman–Crippen MR) is 140 cm³/mol. The van der Waals surface area contributed by atoms with Crippen molar-refractivity contribution in [2.75, 3.05) is 11.9 Å². The van der Waals surface area contributed by atoms with Crippen LogP contribution in [-0.4, -0.2) is 12.5 Å². The van der Waals surface area contributed by atoms with Crippen molar-refractivity contribution in [3.8, 4) is 17.6 Å². The zero-order valence-corrected chi connectivity index (χ0v) is 21.2. The van der Waals surface area contributed by atoms with Crippen molar-refractivity contribution in [3.05, 3.63) is 91.0 Å². The lowest BCUT2D eigenvalue weighted by molar-refractivity contribution is -0.112. The number of hydrogen-bond donors (Lipinski definition) is 1. The molecule has 3 rings (SSSR count). The van der Waals surface area contributed by atoms with Gasteiger partial charge in [-0.2, -0.15) is 5.26 Å². The Kier molecular flexibility index (Phi) is 9.01. The van der Waals surface area contributed by atoms with Crippen molar-refractivity contribution in [2.24, 2.45) is 0 Å². The van der Waals surface area contributed by atoms with Crippen molar-refractivity contribution < 1.29 is 14.3 Å². The van der Waals surface area contributed by atoms with Gasteiger partial charge in [-0.25, -0.2) is 0 Å². The standard InChI is InChI=1S/C25H19Cl2IN2O3/c1-2-32-24-12-16(9-10-23(24)33-15-20-21(26)7-4-8-22(20)27)11-17(14-29)25(31)30-19-6-3-5-18(28)13-19/h3-13H,2,15H2,1H3,(H,30,31)/b17-11+. The van der Waals surface area contributed by atoms with E-state index in [1.54, 1.807) is 42.5 Å². The molecular weight excluding hydrogens is 574 g/mol. The lowest BCUT2D eigenvalue weighted by Crippen LogP contribution is -2.13. The molecule has 8 heteroatoms. The molecule has 1 N–H and O–H groups in total. The maximum atomic E-state index is 12.6. The average molecular weight is 593 g/mol. The Morgan fingerprint density at radius 2 is 1.79 bits per heavy atom. The number of hydrogen-bond acceptors (Lipinski definition) is 4. The van der Waals surface area contributed by atoms with Crippen LogP contribution in [0, 0.1) is 14.9 Å². The molecule has 0 radical (unpaired) electrons. The van der Waals surface area contributed by atoms with Crippen molar-refractivity contribution in [1.82, 2.24) is 0 Å². The Hall–Kier alpha value is -2.73. The monoisotopic (exact) mass is 592 g/mol. The molecule has 0 spiro atoms. The Morgan fingerprint density at radius 3 is 2.45 bits per heavy atom. The summed E-state index contributed by atoms with van der Waals surface area (Å²) in [5, 5.41) is 13.3. The van der Waals surface area contributed by atoms with Crippen molar-refractivity contribution in [2.45, 2.75) is 13.5 Å². The molecule has 0 atom stereocenters. The normalized spacial score (nSPS) is 10.9. The zero-order chi connectivity index (χ0) is 23.8. The van der Waals surface area contributed by atoms with Gasteiger partial charge in [0, 0.05) is 24.9 Å². The van der Waals surface area contributed by atoms with E-state index in [0.717, 1.165) is 3.57 Å². The van der Waals surface area contributed by atoms with E-state index in [2.05, 4.69) is 27.9 Å². The van der Waals surface area contributed by atoms with Crippen molar-refractivity contribution in [1.29, 1.82) is 5.26 Å². The van der Waals surface area contributed by atoms with Crippen LogP contribution in [0.4, 0.5) is 5.69 Å². The van der Waals surface area contributed by atoms with Crippen molar-refractivity contribution >= 4 is 63.5 Å². The number of anilines is 1. The summed E-state index contributed by atoms with van der Waals surface area (Å²) in [7, 11) is 0. The summed E-state index contributed by atoms with van der Waals surface area (Å²) in [6, 6.07) is 19.7. The fourth-order valence-electron chi connectivity index (χ4n) is 2.90. The summed E-state index contributed by atoms with van der Waals surface area (Å²) < 4.78 is 12.6. The highest BCUT2D eigenvalue weighted by molar-refractivity contribution is 14.1. The quantitative estimate of drug-likeness (QED) is 0.172. The van der Waals surface area contributed by atoms with Crippen LogP contribution in [0.15, 0.2) is 66.2 Å². The largest absolute Gasteiger partial charge is 0.490 e. The van der Waals surface area contributed by atoms with Gasteiger partial charge in [-0.3, -0.25) is 4.79 Å². The molecule has 3 aromatic rings. The molecule has 1 amide bonds. The number of nitriles is 1. The van der Waals surface area contributed by atoms with E-state index < -0.39 is 5.91 Å². The molecule has 168 valence electrons. The highest BCUT2D eigenvalue weighted by Crippen LogP contribution is 2.32. The molecule has 0 fully saturated rings. The first-order chi connectivity index (χ1) is 15.9. The fraction of sp³-hybridized carbons (Fsp3) is 0.120. The van der Waals surface area contributed by atoms with Gasteiger partial charge in [0.25, 0.3) is 5.91 Å². The van der Waals surface area contributed by atoms with Crippen LogP contribution in [0.1, 0.15) is 18.1 Å². The van der Waals surface area contributed by atoms with Gasteiger partial charge in [0.1, 0.15) is 18.2 Å². The number of halogens is 3. The fourth-order valence-corrected chi connectivity index (χ4v) is 3.95. The predicted octanol–water partition coefficient (Wildman–Crippen LogP) is 7.12. The molecule has 0 unspecified atom stereocenters. The van der Waals surface area contributed by atoms with Crippen LogP contribution >= 0.6 is 45.8 Å². The Labute approximate surface area is 216 Å². The van der Waals surface area contributed by atoms with E-state index >= 15 is 0 Å². The number of nitrogens with zero attached hydrogens (tertiary/aromatic N) is 1. The number of ether oxygens (including phenoxy) is 2. The molecule has 0 saturated carbocycles. The van der Waals surface area contributed by atoms with Gasteiger partial charge in [-0.05, 0) is 83.6 Å². The first-order valence-electron chi connectivity index (χ1n) is 9.92. The summed E-state index contributed by atoms with van der Waals surface area (Å²) in [6.45, 7) is 2.43. The molecule has 0 aliphatic rings. The summed E-state index contributed by atoms with van der Waals surface area (Å²) in [4.78, 5) is 12.6. The van der Waals surface area contributed by atoms with Crippen LogP contribution < -0.4 is 14.8 Å². The van der Waals surface area contributed by atoms with E-state index in [1.807, 2.05) is 31.2 Å². The topological polar surface area (TPSA) is 71.3 Å². The summed E-state index contributed by atoms with van der Waals surface area (Å²) in [5.74, 6) is 0.475. The number of carbonyl (C=O) groups excluding carboxylic acids is 1. The summed E-state index contributed by atoms with van der Waals surface area (Å²) >= 11 is 14.6. The molecule has 0 aliphatic carbocycles. The minimum Gasteiger partial charge on any atom is -0.490 e. The Balaban J connectivity index is 1.81. The van der Waals surface area contributed by atoms with Crippen LogP contribution in [0.2, 0.25) is 10.0 Å². The molecule has 0 aliphatic heterocycles. The SMILES string of the molecule is CCOc1cc(/C=C(\C#N)C(=O)Nc2cccc(I)c2)ccc1OCc1c(Cl)cccc1Cl. The molecule has 0 aromatic heterocycles. The molecule has 0 bridgehead atoms. The zero-order valence-electron chi connectivity index (χ0n) is 17.6. The average Bonchev–Trinajstić information content (AvgIpc) is 2.78. The van der Waals surface area contributed by atoms with E-state index in [-0.39, 0.29) is 12.2 Å². The molecule has 0 heterocycles. The Morgan fingerprint density at radius 1 is 1.06 bits per heavy atom. The van der Waals surface area contributed by atoms with E-state index in [0.29, 0.717) is 45.0 Å². The number of rotatable bonds is 8. The van der Waals surface area contributed by atoms with Gasteiger partial charge in [-0.1, -0.05) is 41.4 Å². The maximum Gasteiger partial charge on any atom is 0.266 e. The van der Waals surface area contributed by atoms with Crippen LogP contribution in [0.25, 0.3) is 6.08 Å². The first kappa shape index (κ1) is 24.9.